The van der Waals surface area contributed by atoms with Crippen LogP contribution >= 0.6 is 0 Å². The molecule has 2 nitrogen and oxygen atoms in total. The molecule has 0 saturated heterocycles. The molecule has 1 saturated carbocycles. The van der Waals surface area contributed by atoms with Crippen molar-refractivity contribution in [3.05, 3.63) is 12.7 Å². The summed E-state index contributed by atoms with van der Waals surface area (Å²) in [5.74, 6) is 0.272. The van der Waals surface area contributed by atoms with E-state index in [1.165, 1.54) is 12.5 Å². The number of hydrogen-bond acceptors (Lipinski definition) is 2. The summed E-state index contributed by atoms with van der Waals surface area (Å²) in [6.07, 6.45) is 4.55. The van der Waals surface area contributed by atoms with E-state index in [0.717, 1.165) is 12.8 Å². The molecular weight excluding hydrogens is 188 g/mol. The summed E-state index contributed by atoms with van der Waals surface area (Å²) in [6, 6.07) is 0. The number of carbonyl (C=O) groups excluding carboxylic acids is 1. The van der Waals surface area contributed by atoms with Crippen LogP contribution in [-0.4, -0.2) is 11.6 Å². The van der Waals surface area contributed by atoms with Gasteiger partial charge in [-0.15, -0.1) is 0 Å². The molecular formula is C13H22O2. The summed E-state index contributed by atoms with van der Waals surface area (Å²) in [5.41, 5.74) is -0.320. The summed E-state index contributed by atoms with van der Waals surface area (Å²) >= 11 is 0. The van der Waals surface area contributed by atoms with Crippen LogP contribution in [0.15, 0.2) is 12.7 Å². The fourth-order valence-electron chi connectivity index (χ4n) is 2.40. The summed E-state index contributed by atoms with van der Waals surface area (Å²) in [7, 11) is 0. The second-order valence-corrected chi connectivity index (χ2v) is 5.37. The molecule has 1 fully saturated rings. The molecule has 15 heavy (non-hydrogen) atoms. The molecule has 2 atom stereocenters. The Balaban J connectivity index is 2.89. The minimum atomic E-state index is -0.351. The van der Waals surface area contributed by atoms with Crippen molar-refractivity contribution in [2.24, 2.45) is 11.3 Å². The fraction of sp³-hybridized carbons (Fsp3) is 0.769. The largest absolute Gasteiger partial charge is 0.456 e. The molecule has 0 aromatic rings. The Morgan fingerprint density at radius 1 is 1.47 bits per heavy atom. The Morgan fingerprint density at radius 2 is 2.07 bits per heavy atom. The molecule has 0 amide bonds. The van der Waals surface area contributed by atoms with Gasteiger partial charge in [0.2, 0.25) is 0 Å². The SMILES string of the molecule is C=CC(=O)OC1(C)CCCC(C)C1(C)C. The quantitative estimate of drug-likeness (QED) is 0.516. The van der Waals surface area contributed by atoms with Gasteiger partial charge in [-0.3, -0.25) is 0 Å². The Kier molecular flexibility index (Phi) is 3.27. The molecule has 1 aliphatic rings. The van der Waals surface area contributed by atoms with Crippen LogP contribution in [0.3, 0.4) is 0 Å². The van der Waals surface area contributed by atoms with Gasteiger partial charge in [0.05, 0.1) is 0 Å². The molecule has 0 aliphatic heterocycles. The second kappa shape index (κ2) is 3.99. The van der Waals surface area contributed by atoms with Crippen molar-refractivity contribution >= 4 is 5.97 Å². The lowest BCUT2D eigenvalue weighted by Crippen LogP contribution is -2.51. The van der Waals surface area contributed by atoms with Crippen molar-refractivity contribution in [2.45, 2.75) is 52.6 Å². The molecule has 0 N–H and O–H groups in total. The van der Waals surface area contributed by atoms with E-state index < -0.39 is 0 Å². The molecule has 0 radical (unpaired) electrons. The summed E-state index contributed by atoms with van der Waals surface area (Å²) in [4.78, 5) is 11.3. The smallest absolute Gasteiger partial charge is 0.330 e. The molecule has 0 aromatic carbocycles. The Labute approximate surface area is 92.7 Å². The molecule has 86 valence electrons. The predicted molar refractivity (Wildman–Crippen MR) is 61.5 cm³/mol. The van der Waals surface area contributed by atoms with E-state index in [0.29, 0.717) is 5.92 Å². The average molecular weight is 210 g/mol. The van der Waals surface area contributed by atoms with Crippen LogP contribution in [0.5, 0.6) is 0 Å². The fourth-order valence-corrected chi connectivity index (χ4v) is 2.40. The minimum absolute atomic E-state index is 0.0317. The lowest BCUT2D eigenvalue weighted by atomic mass is 9.60. The van der Waals surface area contributed by atoms with Gasteiger partial charge in [-0.1, -0.05) is 27.4 Å². The number of rotatable bonds is 2. The minimum Gasteiger partial charge on any atom is -0.456 e. The summed E-state index contributed by atoms with van der Waals surface area (Å²) in [6.45, 7) is 12.1. The van der Waals surface area contributed by atoms with Crippen molar-refractivity contribution < 1.29 is 9.53 Å². The lowest BCUT2D eigenvalue weighted by molar-refractivity contribution is -0.178. The zero-order valence-electron chi connectivity index (χ0n) is 10.3. The predicted octanol–water partition coefficient (Wildman–Crippen LogP) is 3.32. The third-order valence-electron chi connectivity index (χ3n) is 4.38. The highest BCUT2D eigenvalue weighted by Crippen LogP contribution is 2.49. The van der Waals surface area contributed by atoms with Crippen molar-refractivity contribution in [3.63, 3.8) is 0 Å². The van der Waals surface area contributed by atoms with Gasteiger partial charge < -0.3 is 4.74 Å². The van der Waals surface area contributed by atoms with Gasteiger partial charge in [-0.05, 0) is 32.1 Å². The zero-order valence-corrected chi connectivity index (χ0v) is 10.3. The van der Waals surface area contributed by atoms with E-state index in [2.05, 4.69) is 27.4 Å². The van der Waals surface area contributed by atoms with Gasteiger partial charge in [0.15, 0.2) is 0 Å². The maximum absolute atomic E-state index is 11.3. The lowest BCUT2D eigenvalue weighted by Gasteiger charge is -2.50. The van der Waals surface area contributed by atoms with Crippen LogP contribution in [0, 0.1) is 11.3 Å². The monoisotopic (exact) mass is 210 g/mol. The van der Waals surface area contributed by atoms with E-state index in [9.17, 15) is 4.79 Å². The first-order valence-corrected chi connectivity index (χ1v) is 5.69. The first-order chi connectivity index (χ1) is 6.83. The van der Waals surface area contributed by atoms with E-state index in [4.69, 9.17) is 4.74 Å². The maximum Gasteiger partial charge on any atom is 0.330 e. The van der Waals surface area contributed by atoms with Crippen molar-refractivity contribution in [2.75, 3.05) is 0 Å². The third kappa shape index (κ3) is 2.09. The van der Waals surface area contributed by atoms with E-state index in [1.807, 2.05) is 6.92 Å². The third-order valence-corrected chi connectivity index (χ3v) is 4.38. The normalized spacial score (nSPS) is 34.5. The maximum atomic E-state index is 11.3. The topological polar surface area (TPSA) is 26.3 Å². The van der Waals surface area contributed by atoms with Gasteiger partial charge in [0.25, 0.3) is 0 Å². The van der Waals surface area contributed by atoms with Crippen LogP contribution in [0.1, 0.15) is 47.0 Å². The molecule has 0 spiro atoms. The number of esters is 1. The van der Waals surface area contributed by atoms with Gasteiger partial charge >= 0.3 is 5.97 Å². The number of hydrogen-bond donors (Lipinski definition) is 0. The molecule has 2 heteroatoms. The van der Waals surface area contributed by atoms with Crippen molar-refractivity contribution in [3.8, 4) is 0 Å². The van der Waals surface area contributed by atoms with Crippen LogP contribution < -0.4 is 0 Å². The van der Waals surface area contributed by atoms with E-state index >= 15 is 0 Å². The standard InChI is InChI=1S/C13H22O2/c1-6-11(14)15-13(5)9-7-8-10(2)12(13,3)4/h6,10H,1,7-9H2,2-5H3. The number of carbonyl (C=O) groups is 1. The van der Waals surface area contributed by atoms with Gasteiger partial charge in [-0.2, -0.15) is 0 Å². The zero-order chi connectivity index (χ0) is 11.7. The number of ether oxygens (including phenoxy) is 1. The molecule has 0 bridgehead atoms. The molecule has 1 rings (SSSR count). The first kappa shape index (κ1) is 12.3. The molecule has 0 heterocycles. The Hall–Kier alpha value is -0.790. The van der Waals surface area contributed by atoms with Crippen LogP contribution in [-0.2, 0) is 9.53 Å². The molecule has 0 aromatic heterocycles. The molecule has 1 aliphatic carbocycles. The Bertz CT molecular complexity index is 268. The van der Waals surface area contributed by atoms with Crippen LogP contribution in [0.2, 0.25) is 0 Å². The van der Waals surface area contributed by atoms with Gasteiger partial charge in [0, 0.05) is 11.5 Å². The summed E-state index contributed by atoms with van der Waals surface area (Å²) < 4.78 is 5.56. The summed E-state index contributed by atoms with van der Waals surface area (Å²) in [5, 5.41) is 0. The van der Waals surface area contributed by atoms with Crippen LogP contribution in [0.4, 0.5) is 0 Å². The van der Waals surface area contributed by atoms with Crippen molar-refractivity contribution in [1.29, 1.82) is 0 Å². The van der Waals surface area contributed by atoms with Gasteiger partial charge in [-0.25, -0.2) is 4.79 Å². The highest BCUT2D eigenvalue weighted by Gasteiger charge is 2.49. The Morgan fingerprint density at radius 3 is 2.60 bits per heavy atom. The van der Waals surface area contributed by atoms with E-state index in [1.54, 1.807) is 0 Å². The molecule has 2 unspecified atom stereocenters. The second-order valence-electron chi connectivity index (χ2n) is 5.37. The van der Waals surface area contributed by atoms with Gasteiger partial charge in [0.1, 0.15) is 5.60 Å². The average Bonchev–Trinajstić information content (AvgIpc) is 2.15. The highest BCUT2D eigenvalue weighted by atomic mass is 16.6. The van der Waals surface area contributed by atoms with Crippen LogP contribution in [0.25, 0.3) is 0 Å². The highest BCUT2D eigenvalue weighted by molar-refractivity contribution is 5.81. The van der Waals surface area contributed by atoms with E-state index in [-0.39, 0.29) is 17.0 Å². The first-order valence-electron chi connectivity index (χ1n) is 5.69. The van der Waals surface area contributed by atoms with Crippen molar-refractivity contribution in [1.82, 2.24) is 0 Å².